The SMILES string of the molecule is Cc1ccc(NC(=O)C2CSCN2C(=O)c2cc(=O)[nH]c3c2CCCN3)cc1. The van der Waals surface area contributed by atoms with Crippen molar-refractivity contribution in [3.8, 4) is 0 Å². The molecule has 1 fully saturated rings. The van der Waals surface area contributed by atoms with Gasteiger partial charge in [-0.05, 0) is 31.9 Å². The molecule has 0 saturated carbocycles. The van der Waals surface area contributed by atoms with E-state index in [0.29, 0.717) is 28.7 Å². The third kappa shape index (κ3) is 3.64. The van der Waals surface area contributed by atoms with E-state index in [0.717, 1.165) is 30.5 Å². The number of carbonyl (C=O) groups is 2. The first-order valence-corrected chi connectivity index (χ1v) is 10.4. The van der Waals surface area contributed by atoms with Gasteiger partial charge in [0.1, 0.15) is 11.9 Å². The van der Waals surface area contributed by atoms with Crippen LogP contribution < -0.4 is 16.2 Å². The summed E-state index contributed by atoms with van der Waals surface area (Å²) in [5.74, 6) is 1.11. The Morgan fingerprint density at radius 3 is 2.82 bits per heavy atom. The molecule has 3 N–H and O–H groups in total. The molecule has 146 valence electrons. The predicted molar refractivity (Wildman–Crippen MR) is 111 cm³/mol. The van der Waals surface area contributed by atoms with Crippen molar-refractivity contribution in [1.82, 2.24) is 9.88 Å². The molecule has 0 bridgehead atoms. The van der Waals surface area contributed by atoms with Crippen molar-refractivity contribution in [2.45, 2.75) is 25.8 Å². The number of rotatable bonds is 3. The van der Waals surface area contributed by atoms with Crippen LogP contribution in [0.5, 0.6) is 0 Å². The summed E-state index contributed by atoms with van der Waals surface area (Å²) in [6, 6.07) is 8.34. The van der Waals surface area contributed by atoms with E-state index in [-0.39, 0.29) is 17.4 Å². The number of amides is 2. The minimum Gasteiger partial charge on any atom is -0.371 e. The van der Waals surface area contributed by atoms with Crippen LogP contribution in [-0.4, -0.2) is 45.9 Å². The number of hydrogen-bond acceptors (Lipinski definition) is 5. The molecule has 1 atom stereocenters. The number of fused-ring (bicyclic) bond motifs is 1. The maximum atomic E-state index is 13.2. The number of nitrogens with one attached hydrogen (secondary N) is 3. The van der Waals surface area contributed by atoms with Gasteiger partial charge in [-0.25, -0.2) is 0 Å². The van der Waals surface area contributed by atoms with Gasteiger partial charge in [0, 0.05) is 29.6 Å². The van der Waals surface area contributed by atoms with Crippen LogP contribution in [0.15, 0.2) is 35.1 Å². The molecule has 2 amide bonds. The van der Waals surface area contributed by atoms with E-state index < -0.39 is 6.04 Å². The average Bonchev–Trinajstić information content (AvgIpc) is 3.18. The van der Waals surface area contributed by atoms with Gasteiger partial charge in [0.25, 0.3) is 5.91 Å². The highest BCUT2D eigenvalue weighted by molar-refractivity contribution is 7.99. The van der Waals surface area contributed by atoms with Crippen molar-refractivity contribution < 1.29 is 9.59 Å². The fourth-order valence-corrected chi connectivity index (χ4v) is 4.70. The smallest absolute Gasteiger partial charge is 0.255 e. The highest BCUT2D eigenvalue weighted by atomic mass is 32.2. The number of aromatic nitrogens is 1. The van der Waals surface area contributed by atoms with Gasteiger partial charge in [0.2, 0.25) is 11.5 Å². The number of thioether (sulfide) groups is 1. The highest BCUT2D eigenvalue weighted by Gasteiger charge is 2.36. The minimum atomic E-state index is -0.565. The molecule has 3 heterocycles. The Balaban J connectivity index is 1.57. The van der Waals surface area contributed by atoms with E-state index in [2.05, 4.69) is 15.6 Å². The maximum absolute atomic E-state index is 13.2. The molecule has 0 aliphatic carbocycles. The van der Waals surface area contributed by atoms with Crippen LogP contribution in [0.2, 0.25) is 0 Å². The normalized spacial score (nSPS) is 18.3. The molecular formula is C20H22N4O3S. The third-order valence-corrected chi connectivity index (χ3v) is 6.06. The molecule has 7 nitrogen and oxygen atoms in total. The van der Waals surface area contributed by atoms with Crippen LogP contribution in [0.4, 0.5) is 11.5 Å². The van der Waals surface area contributed by atoms with Crippen LogP contribution >= 0.6 is 11.8 Å². The van der Waals surface area contributed by atoms with Gasteiger partial charge in [-0.3, -0.25) is 14.4 Å². The lowest BCUT2D eigenvalue weighted by atomic mass is 10.00. The van der Waals surface area contributed by atoms with Crippen LogP contribution in [0.25, 0.3) is 0 Å². The Kier molecular flexibility index (Phi) is 5.13. The molecule has 0 radical (unpaired) electrons. The first-order chi connectivity index (χ1) is 13.5. The van der Waals surface area contributed by atoms with Gasteiger partial charge in [0.15, 0.2) is 0 Å². The maximum Gasteiger partial charge on any atom is 0.255 e. The Bertz CT molecular complexity index is 970. The van der Waals surface area contributed by atoms with Gasteiger partial charge in [-0.15, -0.1) is 11.8 Å². The van der Waals surface area contributed by atoms with Gasteiger partial charge in [0.05, 0.1) is 11.4 Å². The molecule has 1 unspecified atom stereocenters. The monoisotopic (exact) mass is 398 g/mol. The zero-order valence-electron chi connectivity index (χ0n) is 15.6. The van der Waals surface area contributed by atoms with Gasteiger partial charge >= 0.3 is 0 Å². The standard InChI is InChI=1S/C20H22N4O3S/c1-12-4-6-13(7-5-12)22-19(26)16-10-28-11-24(16)20(27)15-9-17(25)23-18-14(15)3-2-8-21-18/h4-7,9,16H,2-3,8,10-11H2,1H3,(H,22,26)(H2,21,23,25). The van der Waals surface area contributed by atoms with Crippen LogP contribution in [0.3, 0.4) is 0 Å². The van der Waals surface area contributed by atoms with E-state index >= 15 is 0 Å². The zero-order chi connectivity index (χ0) is 19.7. The summed E-state index contributed by atoms with van der Waals surface area (Å²) in [7, 11) is 0. The second kappa shape index (κ2) is 7.71. The lowest BCUT2D eigenvalue weighted by molar-refractivity contribution is -0.119. The summed E-state index contributed by atoms with van der Waals surface area (Å²) in [6.07, 6.45) is 1.62. The fraction of sp³-hybridized carbons (Fsp3) is 0.350. The number of nitrogens with zero attached hydrogens (tertiary/aromatic N) is 1. The van der Waals surface area contributed by atoms with Crippen LogP contribution in [-0.2, 0) is 11.2 Å². The minimum absolute atomic E-state index is 0.209. The third-order valence-electron chi connectivity index (χ3n) is 5.05. The molecule has 2 aliphatic rings. The van der Waals surface area contributed by atoms with E-state index in [4.69, 9.17) is 0 Å². The molecule has 28 heavy (non-hydrogen) atoms. The Labute approximate surface area is 166 Å². The van der Waals surface area contributed by atoms with Crippen molar-refractivity contribution in [1.29, 1.82) is 0 Å². The summed E-state index contributed by atoms with van der Waals surface area (Å²) in [4.78, 5) is 42.4. The highest BCUT2D eigenvalue weighted by Crippen LogP contribution is 2.28. The van der Waals surface area contributed by atoms with Crippen LogP contribution in [0.1, 0.15) is 27.9 Å². The van der Waals surface area contributed by atoms with Crippen molar-refractivity contribution in [2.24, 2.45) is 0 Å². The largest absolute Gasteiger partial charge is 0.371 e. The van der Waals surface area contributed by atoms with Crippen molar-refractivity contribution in [3.63, 3.8) is 0 Å². The topological polar surface area (TPSA) is 94.3 Å². The second-order valence-corrected chi connectivity index (χ2v) is 8.08. The lowest BCUT2D eigenvalue weighted by Gasteiger charge is -2.26. The lowest BCUT2D eigenvalue weighted by Crippen LogP contribution is -2.45. The first kappa shape index (κ1) is 18.6. The molecule has 8 heteroatoms. The number of hydrogen-bond donors (Lipinski definition) is 3. The molecule has 1 aromatic carbocycles. The second-order valence-electron chi connectivity index (χ2n) is 7.08. The molecule has 0 spiro atoms. The summed E-state index contributed by atoms with van der Waals surface area (Å²) in [5.41, 5.74) is 2.72. The summed E-state index contributed by atoms with van der Waals surface area (Å²) < 4.78 is 0. The molecular weight excluding hydrogens is 376 g/mol. The fourth-order valence-electron chi connectivity index (χ4n) is 3.54. The first-order valence-electron chi connectivity index (χ1n) is 9.29. The summed E-state index contributed by atoms with van der Waals surface area (Å²) in [5, 5.41) is 6.04. The van der Waals surface area contributed by atoms with E-state index in [9.17, 15) is 14.4 Å². The molecule has 2 aliphatic heterocycles. The van der Waals surface area contributed by atoms with E-state index in [1.165, 1.54) is 17.8 Å². The Morgan fingerprint density at radius 1 is 1.25 bits per heavy atom. The average molecular weight is 398 g/mol. The molecule has 1 aromatic heterocycles. The van der Waals surface area contributed by atoms with Crippen molar-refractivity contribution in [2.75, 3.05) is 28.8 Å². The number of H-pyrrole nitrogens is 1. The summed E-state index contributed by atoms with van der Waals surface area (Å²) >= 11 is 1.54. The molecule has 4 rings (SSSR count). The number of anilines is 2. The number of aromatic amines is 1. The van der Waals surface area contributed by atoms with Gasteiger partial charge in [-0.1, -0.05) is 17.7 Å². The zero-order valence-corrected chi connectivity index (χ0v) is 16.4. The number of aryl methyl sites for hydroxylation is 1. The van der Waals surface area contributed by atoms with Crippen LogP contribution in [0, 0.1) is 6.92 Å². The van der Waals surface area contributed by atoms with Crippen molar-refractivity contribution >= 4 is 35.1 Å². The van der Waals surface area contributed by atoms with Crippen molar-refractivity contribution in [3.05, 3.63) is 57.4 Å². The summed E-state index contributed by atoms with van der Waals surface area (Å²) in [6.45, 7) is 2.75. The van der Waals surface area contributed by atoms with Gasteiger partial charge in [-0.2, -0.15) is 0 Å². The number of carbonyl (C=O) groups excluding carboxylic acids is 2. The van der Waals surface area contributed by atoms with E-state index in [1.807, 2.05) is 31.2 Å². The predicted octanol–water partition coefficient (Wildman–Crippen LogP) is 2.20. The Morgan fingerprint density at radius 2 is 2.04 bits per heavy atom. The quantitative estimate of drug-likeness (QED) is 0.737. The molecule has 2 aromatic rings. The van der Waals surface area contributed by atoms with E-state index in [1.54, 1.807) is 4.90 Å². The number of pyridine rings is 1. The Hall–Kier alpha value is -2.74. The van der Waals surface area contributed by atoms with Gasteiger partial charge < -0.3 is 20.5 Å². The molecule has 1 saturated heterocycles. The number of benzene rings is 1.